The summed E-state index contributed by atoms with van der Waals surface area (Å²) in [7, 11) is 0. The van der Waals surface area contributed by atoms with E-state index in [1.54, 1.807) is 36.7 Å². The Hall–Kier alpha value is -3.02. The van der Waals surface area contributed by atoms with Gasteiger partial charge in [0.05, 0.1) is 17.2 Å². The number of hydrogen-bond acceptors (Lipinski definition) is 4. The van der Waals surface area contributed by atoms with Crippen molar-refractivity contribution in [1.29, 1.82) is 0 Å². The number of benzene rings is 1. The Morgan fingerprint density at radius 3 is 2.18 bits per heavy atom. The van der Waals surface area contributed by atoms with Crippen molar-refractivity contribution >= 4 is 17.7 Å². The molecule has 0 aliphatic carbocycles. The normalized spacial score (nSPS) is 14.1. The number of imide groups is 1. The van der Waals surface area contributed by atoms with Crippen LogP contribution in [-0.4, -0.2) is 45.6 Å². The summed E-state index contributed by atoms with van der Waals surface area (Å²) in [6.07, 6.45) is 5.02. The van der Waals surface area contributed by atoms with Crippen LogP contribution in [0.1, 0.15) is 65.4 Å². The Kier molecular flexibility index (Phi) is 6.19. The predicted molar refractivity (Wildman–Crippen MR) is 106 cm³/mol. The van der Waals surface area contributed by atoms with Gasteiger partial charge in [-0.05, 0) is 49.6 Å². The van der Waals surface area contributed by atoms with Gasteiger partial charge in [0.2, 0.25) is 5.91 Å². The molecule has 3 amide bonds. The van der Waals surface area contributed by atoms with Crippen LogP contribution in [-0.2, 0) is 4.79 Å². The maximum Gasteiger partial charge on any atom is 0.261 e. The van der Waals surface area contributed by atoms with Crippen LogP contribution in [0.5, 0.6) is 0 Å². The summed E-state index contributed by atoms with van der Waals surface area (Å²) in [6, 6.07) is 10.7. The monoisotopic (exact) mass is 379 g/mol. The zero-order valence-corrected chi connectivity index (χ0v) is 16.3. The summed E-state index contributed by atoms with van der Waals surface area (Å²) < 4.78 is 0. The van der Waals surface area contributed by atoms with Crippen LogP contribution in [0.2, 0.25) is 0 Å². The Bertz CT molecular complexity index is 831. The minimum Gasteiger partial charge on any atom is -0.336 e. The third-order valence-corrected chi connectivity index (χ3v) is 5.17. The first-order chi connectivity index (χ1) is 13.6. The molecule has 1 unspecified atom stereocenters. The fourth-order valence-electron chi connectivity index (χ4n) is 3.77. The summed E-state index contributed by atoms with van der Waals surface area (Å²) in [5.74, 6) is -0.519. The number of aromatic nitrogens is 1. The number of amides is 3. The topological polar surface area (TPSA) is 70.6 Å². The zero-order valence-electron chi connectivity index (χ0n) is 16.3. The van der Waals surface area contributed by atoms with Gasteiger partial charge in [0.15, 0.2) is 0 Å². The Balaban J connectivity index is 1.60. The van der Waals surface area contributed by atoms with Gasteiger partial charge in [-0.25, -0.2) is 0 Å². The van der Waals surface area contributed by atoms with Gasteiger partial charge in [-0.1, -0.05) is 19.1 Å². The molecule has 0 N–H and O–H groups in total. The SMILES string of the molecule is CCC(c1ccncc1)N(CC)C(=O)CCCN1C(=O)c2ccccc2C1=O. The highest BCUT2D eigenvalue weighted by molar-refractivity contribution is 6.21. The molecule has 3 rings (SSSR count). The van der Waals surface area contributed by atoms with Crippen LogP contribution in [0.3, 0.4) is 0 Å². The van der Waals surface area contributed by atoms with Crippen LogP contribution < -0.4 is 0 Å². The molecule has 1 aliphatic heterocycles. The molecule has 0 radical (unpaired) electrons. The van der Waals surface area contributed by atoms with Crippen molar-refractivity contribution in [1.82, 2.24) is 14.8 Å². The van der Waals surface area contributed by atoms with E-state index in [9.17, 15) is 14.4 Å². The molecule has 2 heterocycles. The molecule has 1 aromatic carbocycles. The first kappa shape index (κ1) is 19.7. The van der Waals surface area contributed by atoms with Crippen molar-refractivity contribution in [3.05, 3.63) is 65.5 Å². The molecular formula is C22H25N3O3. The summed E-state index contributed by atoms with van der Waals surface area (Å²) >= 11 is 0. The van der Waals surface area contributed by atoms with Crippen LogP contribution in [0.15, 0.2) is 48.8 Å². The van der Waals surface area contributed by atoms with E-state index in [0.717, 1.165) is 12.0 Å². The lowest BCUT2D eigenvalue weighted by Crippen LogP contribution is -2.36. The molecule has 6 heteroatoms. The van der Waals surface area contributed by atoms with Gasteiger partial charge in [0, 0.05) is 31.9 Å². The molecule has 0 saturated carbocycles. The quantitative estimate of drug-likeness (QED) is 0.659. The highest BCUT2D eigenvalue weighted by Crippen LogP contribution is 2.25. The molecule has 0 fully saturated rings. The second kappa shape index (κ2) is 8.78. The zero-order chi connectivity index (χ0) is 20.1. The highest BCUT2D eigenvalue weighted by atomic mass is 16.2. The average Bonchev–Trinajstić information content (AvgIpc) is 2.97. The van der Waals surface area contributed by atoms with Gasteiger partial charge in [0.1, 0.15) is 0 Å². The Labute approximate surface area is 165 Å². The van der Waals surface area contributed by atoms with E-state index in [-0.39, 0.29) is 30.3 Å². The minimum absolute atomic E-state index is 0.000180. The largest absolute Gasteiger partial charge is 0.336 e. The lowest BCUT2D eigenvalue weighted by molar-refractivity contribution is -0.133. The number of rotatable bonds is 8. The number of carbonyl (C=O) groups excluding carboxylic acids is 3. The maximum atomic E-state index is 12.8. The molecule has 6 nitrogen and oxygen atoms in total. The van der Waals surface area contributed by atoms with Crippen LogP contribution in [0, 0.1) is 0 Å². The fourth-order valence-corrected chi connectivity index (χ4v) is 3.77. The molecule has 0 bridgehead atoms. The van der Waals surface area contributed by atoms with Crippen molar-refractivity contribution in [2.24, 2.45) is 0 Å². The predicted octanol–water partition coefficient (Wildman–Crippen LogP) is 3.46. The first-order valence-corrected chi connectivity index (χ1v) is 9.73. The van der Waals surface area contributed by atoms with Crippen molar-refractivity contribution in [2.75, 3.05) is 13.1 Å². The molecule has 1 atom stereocenters. The summed E-state index contributed by atoms with van der Waals surface area (Å²) in [4.78, 5) is 44.8. The number of carbonyl (C=O) groups is 3. The molecule has 0 spiro atoms. The van der Waals surface area contributed by atoms with E-state index >= 15 is 0 Å². The van der Waals surface area contributed by atoms with Crippen molar-refractivity contribution < 1.29 is 14.4 Å². The maximum absolute atomic E-state index is 12.8. The van der Waals surface area contributed by atoms with Crippen molar-refractivity contribution in [3.63, 3.8) is 0 Å². The lowest BCUT2D eigenvalue weighted by atomic mass is 10.0. The molecule has 146 valence electrons. The number of pyridine rings is 1. The molecule has 1 aromatic heterocycles. The van der Waals surface area contributed by atoms with Crippen LogP contribution in [0.25, 0.3) is 0 Å². The van der Waals surface area contributed by atoms with E-state index in [1.807, 2.05) is 24.0 Å². The van der Waals surface area contributed by atoms with Crippen LogP contribution in [0.4, 0.5) is 0 Å². The molecule has 2 aromatic rings. The van der Waals surface area contributed by atoms with Gasteiger partial charge >= 0.3 is 0 Å². The molecular weight excluding hydrogens is 354 g/mol. The Morgan fingerprint density at radius 2 is 1.64 bits per heavy atom. The van der Waals surface area contributed by atoms with Gasteiger partial charge in [-0.2, -0.15) is 0 Å². The fraction of sp³-hybridized carbons (Fsp3) is 0.364. The molecule has 1 aliphatic rings. The van der Waals surface area contributed by atoms with E-state index in [4.69, 9.17) is 0 Å². The van der Waals surface area contributed by atoms with Gasteiger partial charge in [-0.3, -0.25) is 24.3 Å². The number of fused-ring (bicyclic) bond motifs is 1. The van der Waals surface area contributed by atoms with Gasteiger partial charge in [-0.15, -0.1) is 0 Å². The van der Waals surface area contributed by atoms with Crippen molar-refractivity contribution in [3.8, 4) is 0 Å². The average molecular weight is 379 g/mol. The first-order valence-electron chi connectivity index (χ1n) is 9.73. The summed E-state index contributed by atoms with van der Waals surface area (Å²) in [5, 5.41) is 0. The van der Waals surface area contributed by atoms with E-state index in [1.165, 1.54) is 4.90 Å². The minimum atomic E-state index is -0.274. The second-order valence-electron chi connectivity index (χ2n) is 6.80. The van der Waals surface area contributed by atoms with E-state index in [2.05, 4.69) is 11.9 Å². The van der Waals surface area contributed by atoms with E-state index < -0.39 is 0 Å². The third-order valence-electron chi connectivity index (χ3n) is 5.17. The second-order valence-corrected chi connectivity index (χ2v) is 6.80. The smallest absolute Gasteiger partial charge is 0.261 e. The Morgan fingerprint density at radius 1 is 1.04 bits per heavy atom. The molecule has 0 saturated heterocycles. The third kappa shape index (κ3) is 3.81. The standard InChI is InChI=1S/C22H25N3O3/c1-3-19(16-11-13-23-14-12-16)24(4-2)20(26)10-7-15-25-21(27)17-8-5-6-9-18(17)22(25)28/h5-6,8-9,11-14,19H,3-4,7,10,15H2,1-2H3. The van der Waals surface area contributed by atoms with Crippen molar-refractivity contribution in [2.45, 2.75) is 39.2 Å². The number of nitrogens with zero attached hydrogens (tertiary/aromatic N) is 3. The summed E-state index contributed by atoms with van der Waals surface area (Å²) in [5.41, 5.74) is 1.95. The lowest BCUT2D eigenvalue weighted by Gasteiger charge is -2.31. The van der Waals surface area contributed by atoms with Gasteiger partial charge < -0.3 is 4.90 Å². The highest BCUT2D eigenvalue weighted by Gasteiger charge is 2.34. The van der Waals surface area contributed by atoms with E-state index in [0.29, 0.717) is 30.5 Å². The summed E-state index contributed by atoms with van der Waals surface area (Å²) in [6.45, 7) is 4.88. The van der Waals surface area contributed by atoms with Gasteiger partial charge in [0.25, 0.3) is 11.8 Å². The molecule has 28 heavy (non-hydrogen) atoms. The van der Waals surface area contributed by atoms with Crippen LogP contribution >= 0.6 is 0 Å². The number of hydrogen-bond donors (Lipinski definition) is 0.